The van der Waals surface area contributed by atoms with Crippen LogP contribution in [0, 0.1) is 0 Å². The Bertz CT molecular complexity index is 4270. The SMILES string of the molecule is Nc1c(N=Nc2ccc3cc(S(=O)(=O)O)c(N=Nc4ccc(C(=O)O)cc4)c(O)c3c2)c(S(=O)(=O)O)cc2ccc(N=Nc3ccc4c(O)c(N=Nc5ccccc5C(=O)O)ccc4c3)c(O)c12.O=S(=O)=O.O=S(=O)=O. The summed E-state index contributed by atoms with van der Waals surface area (Å²) in [4.78, 5) is 21.1. The average Bonchev–Trinajstić information content (AvgIpc) is 3.34. The first-order chi connectivity index (χ1) is 35.7. The molecule has 9 N–H and O–H groups in total. The number of hydrogen-bond acceptors (Lipinski definition) is 24. The van der Waals surface area contributed by atoms with Crippen molar-refractivity contribution in [3.05, 3.63) is 132 Å². The zero-order valence-corrected chi connectivity index (χ0v) is 40.6. The van der Waals surface area contributed by atoms with Gasteiger partial charge in [-0.05, 0) is 107 Å². The molecule has 0 saturated heterocycles. The van der Waals surface area contributed by atoms with E-state index in [2.05, 4.69) is 40.9 Å². The highest BCUT2D eigenvalue weighted by Crippen LogP contribution is 2.47. The van der Waals surface area contributed by atoms with Gasteiger partial charge in [-0.15, -0.1) is 50.8 Å². The number of benzene rings is 8. The smallest absolute Gasteiger partial charge is 0.425 e. The van der Waals surface area contributed by atoms with Crippen molar-refractivity contribution in [1.82, 2.24) is 0 Å². The standard InChI is InChI=1S/C44H29N9O13S2.2O3S/c45-37-36-24(9-16-33(42(36)56)50-47-26-13-14-28-22(17-26)8-15-32(40(28)54)51-49-31-4-2-1-3-29(31)44(59)60)19-34(67(61,62)63)38(37)52-48-27-12-7-23-18-35(68(64,65)66)39(41(55)30(23)20-27)53-46-25-10-5-21(6-11-25)43(57)58;2*1-4(2)3/h1-20,54-56H,45H2,(H,57,58)(H,59,60)(H,61,62,63)(H,64,65,66);;. The predicted molar refractivity (Wildman–Crippen MR) is 264 cm³/mol. The summed E-state index contributed by atoms with van der Waals surface area (Å²) in [5.74, 6) is -4.00. The van der Waals surface area contributed by atoms with Crippen LogP contribution in [0.5, 0.6) is 17.2 Å². The minimum atomic E-state index is -5.05. The first-order valence-corrected chi connectivity index (χ1v) is 25.1. The highest BCUT2D eigenvalue weighted by molar-refractivity contribution is 7.86. The first-order valence-electron chi connectivity index (χ1n) is 20.2. The number of phenols is 3. The summed E-state index contributed by atoms with van der Waals surface area (Å²) in [6.07, 6.45) is 0. The van der Waals surface area contributed by atoms with Crippen molar-refractivity contribution in [1.29, 1.82) is 0 Å². The van der Waals surface area contributed by atoms with Gasteiger partial charge in [0.05, 0.1) is 39.3 Å². The average molecular weight is 1120 g/mol. The Kier molecular flexibility index (Phi) is 16.7. The van der Waals surface area contributed by atoms with Crippen molar-refractivity contribution in [3.8, 4) is 17.2 Å². The van der Waals surface area contributed by atoms with Gasteiger partial charge in [0.15, 0.2) is 17.2 Å². The summed E-state index contributed by atoms with van der Waals surface area (Å²) in [5, 5.41) is 84.9. The lowest BCUT2D eigenvalue weighted by atomic mass is 10.1. The Labute approximate surface area is 427 Å². The molecule has 388 valence electrons. The number of azo groups is 4. The third-order valence-corrected chi connectivity index (χ3v) is 11.8. The molecule has 0 unspecified atom stereocenters. The molecule has 32 heteroatoms. The highest BCUT2D eigenvalue weighted by Gasteiger charge is 2.25. The lowest BCUT2D eigenvalue weighted by Gasteiger charge is -2.12. The van der Waals surface area contributed by atoms with Crippen LogP contribution in [0.2, 0.25) is 0 Å². The topological polar surface area (TPSA) is 471 Å². The van der Waals surface area contributed by atoms with Crippen molar-refractivity contribution in [2.75, 3.05) is 5.73 Å². The number of phenolic OH excluding ortho intramolecular Hbond substituents is 3. The van der Waals surface area contributed by atoms with Crippen LogP contribution in [0.15, 0.2) is 172 Å². The molecule has 0 aliphatic heterocycles. The molecule has 0 aliphatic rings. The van der Waals surface area contributed by atoms with Crippen LogP contribution in [0.25, 0.3) is 32.3 Å². The molecule has 0 atom stereocenters. The Hall–Kier alpha value is -9.86. The Morgan fingerprint density at radius 1 is 0.447 bits per heavy atom. The number of nitrogen functional groups attached to an aromatic ring is 1. The number of nitrogens with zero attached hydrogens (tertiary/aromatic N) is 8. The van der Waals surface area contributed by atoms with Gasteiger partial charge in [0.2, 0.25) is 0 Å². The van der Waals surface area contributed by atoms with E-state index in [1.165, 1.54) is 84.9 Å². The zero-order chi connectivity index (χ0) is 55.8. The van der Waals surface area contributed by atoms with Crippen molar-refractivity contribution in [2.24, 2.45) is 40.9 Å². The van der Waals surface area contributed by atoms with Crippen molar-refractivity contribution < 1.29 is 86.3 Å². The summed E-state index contributed by atoms with van der Waals surface area (Å²) < 4.78 is 121. The van der Waals surface area contributed by atoms with Gasteiger partial charge in [0, 0.05) is 10.8 Å². The van der Waals surface area contributed by atoms with E-state index in [4.69, 9.17) is 36.1 Å². The maximum absolute atomic E-state index is 12.6. The van der Waals surface area contributed by atoms with Gasteiger partial charge in [-0.25, -0.2) is 9.59 Å². The monoisotopic (exact) mass is 1120 g/mol. The van der Waals surface area contributed by atoms with Crippen LogP contribution in [0.1, 0.15) is 20.7 Å². The fourth-order valence-electron chi connectivity index (χ4n) is 6.80. The maximum atomic E-state index is 12.6. The number of carbonyl (C=O) groups is 2. The van der Waals surface area contributed by atoms with Crippen LogP contribution < -0.4 is 5.73 Å². The molecule has 8 rings (SSSR count). The van der Waals surface area contributed by atoms with Crippen LogP contribution in [0.3, 0.4) is 0 Å². The molecule has 8 aromatic rings. The molecule has 0 fully saturated rings. The second-order valence-corrected chi connectivity index (χ2v) is 18.4. The number of anilines is 1. The molecule has 0 aromatic heterocycles. The van der Waals surface area contributed by atoms with E-state index >= 15 is 0 Å². The lowest BCUT2D eigenvalue weighted by molar-refractivity contribution is 0.0686. The fraction of sp³-hybridized carbons (Fsp3) is 0. The zero-order valence-electron chi connectivity index (χ0n) is 37.4. The number of aromatic carboxylic acids is 2. The minimum absolute atomic E-state index is 0.0379. The molecule has 28 nitrogen and oxygen atoms in total. The molecular formula is C44H29N9O19S4. The van der Waals surface area contributed by atoms with Crippen molar-refractivity contribution >= 4 is 137 Å². The number of fused-ring (bicyclic) bond motifs is 3. The van der Waals surface area contributed by atoms with Gasteiger partial charge in [0.1, 0.15) is 38.2 Å². The molecule has 0 radical (unpaired) electrons. The van der Waals surface area contributed by atoms with Crippen LogP contribution in [-0.4, -0.2) is 88.7 Å². The Morgan fingerprint density at radius 2 is 0.908 bits per heavy atom. The number of aromatic hydroxyl groups is 3. The summed E-state index contributed by atoms with van der Waals surface area (Å²) >= 11 is 0. The number of rotatable bonds is 12. The van der Waals surface area contributed by atoms with E-state index in [9.17, 15) is 56.0 Å². The molecule has 8 aromatic carbocycles. The van der Waals surface area contributed by atoms with E-state index < -0.39 is 91.7 Å². The molecule has 0 saturated carbocycles. The quantitative estimate of drug-likeness (QED) is 0.0320. The molecule has 0 aliphatic carbocycles. The lowest BCUT2D eigenvalue weighted by Crippen LogP contribution is -2.01. The number of carboxylic acids is 2. The van der Waals surface area contributed by atoms with Crippen LogP contribution in [0.4, 0.5) is 51.2 Å². The molecular weight excluding hydrogens is 1090 g/mol. The largest absolute Gasteiger partial charge is 0.505 e. The van der Waals surface area contributed by atoms with E-state index in [0.29, 0.717) is 10.8 Å². The molecule has 76 heavy (non-hydrogen) atoms. The number of hydrogen-bond donors (Lipinski definition) is 8. The second kappa shape index (κ2) is 22.9. The van der Waals surface area contributed by atoms with Gasteiger partial charge in [-0.2, -0.15) is 32.2 Å². The van der Waals surface area contributed by atoms with Crippen LogP contribution in [-0.2, 0) is 41.5 Å². The second-order valence-electron chi connectivity index (χ2n) is 14.8. The summed E-state index contributed by atoms with van der Waals surface area (Å²) in [5.41, 5.74) is 4.77. The van der Waals surface area contributed by atoms with Gasteiger partial charge < -0.3 is 31.3 Å². The molecule has 0 heterocycles. The van der Waals surface area contributed by atoms with E-state index in [-0.39, 0.29) is 72.5 Å². The molecule has 0 bridgehead atoms. The van der Waals surface area contributed by atoms with Gasteiger partial charge in [-0.1, -0.05) is 30.3 Å². The van der Waals surface area contributed by atoms with Crippen molar-refractivity contribution in [2.45, 2.75) is 9.79 Å². The van der Waals surface area contributed by atoms with E-state index in [0.717, 1.165) is 12.1 Å². The highest BCUT2D eigenvalue weighted by atomic mass is 32.2. The van der Waals surface area contributed by atoms with E-state index in [1.54, 1.807) is 24.3 Å². The van der Waals surface area contributed by atoms with Gasteiger partial charge >= 0.3 is 33.2 Å². The predicted octanol–water partition coefficient (Wildman–Crippen LogP) is 9.39. The fourth-order valence-corrected chi connectivity index (χ4v) is 8.13. The summed E-state index contributed by atoms with van der Waals surface area (Å²) in [6, 6.07) is 27.0. The Balaban J connectivity index is 0.00000109. The number of nitrogens with two attached hydrogens (primary N) is 1. The Morgan fingerprint density at radius 3 is 1.53 bits per heavy atom. The van der Waals surface area contributed by atoms with Crippen LogP contribution >= 0.6 is 0 Å². The maximum Gasteiger partial charge on any atom is 0.425 e. The molecule has 0 amide bonds. The normalized spacial score (nSPS) is 11.8. The van der Waals surface area contributed by atoms with Gasteiger partial charge in [0.25, 0.3) is 20.2 Å². The minimum Gasteiger partial charge on any atom is -0.505 e. The summed E-state index contributed by atoms with van der Waals surface area (Å²) in [7, 11) is -16.3. The number of carboxylic acid groups (broad SMARTS) is 2. The van der Waals surface area contributed by atoms with Gasteiger partial charge in [-0.3, -0.25) is 9.11 Å². The molecule has 0 spiro atoms. The van der Waals surface area contributed by atoms with E-state index in [1.807, 2.05) is 0 Å². The first kappa shape index (κ1) is 55.5. The third kappa shape index (κ3) is 13.2. The third-order valence-electron chi connectivity index (χ3n) is 10.1. The van der Waals surface area contributed by atoms with Crippen molar-refractivity contribution in [3.63, 3.8) is 0 Å². The summed E-state index contributed by atoms with van der Waals surface area (Å²) in [6.45, 7) is 0.